The molecule has 0 radical (unpaired) electrons. The Morgan fingerprint density at radius 2 is 2.29 bits per heavy atom. The number of hydrogen-bond acceptors (Lipinski definition) is 1. The maximum Gasteiger partial charge on any atom is 0.321 e. The van der Waals surface area contributed by atoms with Crippen LogP contribution in [0, 0.1) is 6.92 Å². The van der Waals surface area contributed by atoms with Gasteiger partial charge in [-0.3, -0.25) is 4.90 Å². The largest absolute Gasteiger partial charge is 0.341 e. The molecule has 1 heterocycles. The second kappa shape index (κ2) is 3.33. The minimum Gasteiger partial charge on any atom is -0.341 e. The number of carbonyl (C=O) groups excluding carboxylic acids is 1. The molecule has 1 aliphatic rings. The summed E-state index contributed by atoms with van der Waals surface area (Å²) in [7, 11) is 1.67. The number of hydrogen-bond donors (Lipinski definition) is 1. The molecule has 1 aliphatic heterocycles. The zero-order valence-corrected chi connectivity index (χ0v) is 8.50. The van der Waals surface area contributed by atoms with Crippen molar-refractivity contribution < 1.29 is 4.79 Å². The van der Waals surface area contributed by atoms with E-state index in [-0.39, 0.29) is 6.03 Å². The predicted octanol–water partition coefficient (Wildman–Crippen LogP) is 1.70. The van der Waals surface area contributed by atoms with Crippen LogP contribution in [0.1, 0.15) is 11.1 Å². The number of aryl methyl sites for hydroxylation is 1. The van der Waals surface area contributed by atoms with Gasteiger partial charge in [-0.1, -0.05) is 18.2 Å². The molecule has 0 bridgehead atoms. The summed E-state index contributed by atoms with van der Waals surface area (Å²) in [5, 5.41) is 2.66. The minimum absolute atomic E-state index is 0.0157. The van der Waals surface area contributed by atoms with Gasteiger partial charge in [-0.15, -0.1) is 0 Å². The van der Waals surface area contributed by atoms with Crippen molar-refractivity contribution in [2.45, 2.75) is 13.3 Å². The van der Waals surface area contributed by atoms with Gasteiger partial charge in [0.1, 0.15) is 0 Å². The molecule has 2 rings (SSSR count). The molecule has 3 heteroatoms. The first-order valence-corrected chi connectivity index (χ1v) is 4.82. The third-order valence-electron chi connectivity index (χ3n) is 2.66. The van der Waals surface area contributed by atoms with E-state index in [1.165, 1.54) is 11.1 Å². The van der Waals surface area contributed by atoms with Crippen molar-refractivity contribution in [3.05, 3.63) is 29.3 Å². The van der Waals surface area contributed by atoms with E-state index in [4.69, 9.17) is 0 Å². The highest BCUT2D eigenvalue weighted by Crippen LogP contribution is 2.30. The first-order chi connectivity index (χ1) is 6.74. The van der Waals surface area contributed by atoms with Crippen molar-refractivity contribution in [1.82, 2.24) is 5.32 Å². The van der Waals surface area contributed by atoms with E-state index >= 15 is 0 Å². The van der Waals surface area contributed by atoms with E-state index in [1.807, 2.05) is 24.0 Å². The van der Waals surface area contributed by atoms with Gasteiger partial charge in [-0.2, -0.15) is 0 Å². The van der Waals surface area contributed by atoms with Crippen molar-refractivity contribution in [1.29, 1.82) is 0 Å². The predicted molar refractivity (Wildman–Crippen MR) is 56.7 cm³/mol. The molecule has 3 nitrogen and oxygen atoms in total. The second-order valence-electron chi connectivity index (χ2n) is 3.54. The summed E-state index contributed by atoms with van der Waals surface area (Å²) in [5.74, 6) is 0. The van der Waals surface area contributed by atoms with Gasteiger partial charge >= 0.3 is 6.03 Å². The Balaban J connectivity index is 2.43. The lowest BCUT2D eigenvalue weighted by Crippen LogP contribution is -2.37. The van der Waals surface area contributed by atoms with Gasteiger partial charge in [0.2, 0.25) is 0 Å². The topological polar surface area (TPSA) is 32.3 Å². The van der Waals surface area contributed by atoms with Crippen LogP contribution in [0.3, 0.4) is 0 Å². The lowest BCUT2D eigenvalue weighted by atomic mass is 10.1. The van der Waals surface area contributed by atoms with Crippen LogP contribution in [0.25, 0.3) is 0 Å². The average molecular weight is 190 g/mol. The molecule has 1 N–H and O–H groups in total. The second-order valence-corrected chi connectivity index (χ2v) is 3.54. The summed E-state index contributed by atoms with van der Waals surface area (Å²) in [5.41, 5.74) is 3.53. The van der Waals surface area contributed by atoms with Gasteiger partial charge in [0.15, 0.2) is 0 Å². The standard InChI is InChI=1S/C11H14N2O/c1-8-4-3-5-9-6-7-13(10(8)9)11(14)12-2/h3-5H,6-7H2,1-2H3,(H,12,14). The molecule has 0 spiro atoms. The van der Waals surface area contributed by atoms with Gasteiger partial charge in [-0.05, 0) is 24.5 Å². The van der Waals surface area contributed by atoms with Crippen LogP contribution in [0.2, 0.25) is 0 Å². The molecule has 0 aliphatic carbocycles. The maximum absolute atomic E-state index is 11.5. The highest BCUT2D eigenvalue weighted by Gasteiger charge is 2.24. The Morgan fingerprint density at radius 3 is 3.00 bits per heavy atom. The van der Waals surface area contributed by atoms with Crippen molar-refractivity contribution in [3.63, 3.8) is 0 Å². The molecule has 0 saturated carbocycles. The Morgan fingerprint density at radius 1 is 1.50 bits per heavy atom. The molecule has 2 amide bonds. The van der Waals surface area contributed by atoms with Crippen molar-refractivity contribution in [3.8, 4) is 0 Å². The van der Waals surface area contributed by atoms with Crippen LogP contribution in [0.5, 0.6) is 0 Å². The Kier molecular flexibility index (Phi) is 2.15. The fourth-order valence-corrected chi connectivity index (χ4v) is 1.99. The lowest BCUT2D eigenvalue weighted by molar-refractivity contribution is 0.248. The van der Waals surface area contributed by atoms with Gasteiger partial charge in [0.25, 0.3) is 0 Å². The Hall–Kier alpha value is -1.51. The third-order valence-corrected chi connectivity index (χ3v) is 2.66. The first-order valence-electron chi connectivity index (χ1n) is 4.82. The number of fused-ring (bicyclic) bond motifs is 1. The fourth-order valence-electron chi connectivity index (χ4n) is 1.99. The molecule has 0 atom stereocenters. The molecule has 0 fully saturated rings. The van der Waals surface area contributed by atoms with E-state index in [1.54, 1.807) is 7.05 Å². The molecule has 0 saturated heterocycles. The number of rotatable bonds is 0. The molecule has 1 aromatic carbocycles. The van der Waals surface area contributed by atoms with E-state index in [0.717, 1.165) is 18.7 Å². The molecule has 0 unspecified atom stereocenters. The SMILES string of the molecule is CNC(=O)N1CCc2cccc(C)c21. The monoisotopic (exact) mass is 190 g/mol. The van der Waals surface area contributed by atoms with Crippen LogP contribution in [-0.2, 0) is 6.42 Å². The summed E-state index contributed by atoms with van der Waals surface area (Å²) in [6.45, 7) is 2.83. The minimum atomic E-state index is -0.0157. The quantitative estimate of drug-likeness (QED) is 0.663. The molecule has 14 heavy (non-hydrogen) atoms. The number of amides is 2. The number of nitrogens with zero attached hydrogens (tertiary/aromatic N) is 1. The first kappa shape index (κ1) is 9.06. The summed E-state index contributed by atoms with van der Waals surface area (Å²) in [6, 6.07) is 6.16. The highest BCUT2D eigenvalue weighted by atomic mass is 16.2. The number of carbonyl (C=O) groups is 1. The van der Waals surface area contributed by atoms with Crippen molar-refractivity contribution in [2.24, 2.45) is 0 Å². The van der Waals surface area contributed by atoms with Crippen LogP contribution in [0.15, 0.2) is 18.2 Å². The van der Waals surface area contributed by atoms with Crippen LogP contribution >= 0.6 is 0 Å². The normalized spacial score (nSPS) is 14.0. The van der Waals surface area contributed by atoms with Gasteiger partial charge in [0.05, 0.1) is 5.69 Å². The van der Waals surface area contributed by atoms with E-state index in [2.05, 4.69) is 11.4 Å². The van der Waals surface area contributed by atoms with Crippen LogP contribution < -0.4 is 10.2 Å². The van der Waals surface area contributed by atoms with E-state index in [9.17, 15) is 4.79 Å². The third kappa shape index (κ3) is 1.25. The van der Waals surface area contributed by atoms with Gasteiger partial charge in [-0.25, -0.2) is 4.79 Å². The Labute approximate surface area is 83.7 Å². The van der Waals surface area contributed by atoms with Crippen LogP contribution in [0.4, 0.5) is 10.5 Å². The van der Waals surface area contributed by atoms with Crippen molar-refractivity contribution in [2.75, 3.05) is 18.5 Å². The fraction of sp³-hybridized carbons (Fsp3) is 0.364. The number of para-hydroxylation sites is 1. The molecule has 1 aromatic rings. The zero-order valence-electron chi connectivity index (χ0n) is 8.50. The van der Waals surface area contributed by atoms with Crippen molar-refractivity contribution >= 4 is 11.7 Å². The molecule has 0 aromatic heterocycles. The molecule has 74 valence electrons. The number of urea groups is 1. The molecular formula is C11H14N2O. The van der Waals surface area contributed by atoms with Gasteiger partial charge in [0, 0.05) is 13.6 Å². The highest BCUT2D eigenvalue weighted by molar-refractivity contribution is 5.94. The lowest BCUT2D eigenvalue weighted by Gasteiger charge is -2.18. The summed E-state index contributed by atoms with van der Waals surface area (Å²) in [6.07, 6.45) is 0.963. The van der Waals surface area contributed by atoms with Crippen LogP contribution in [-0.4, -0.2) is 19.6 Å². The smallest absolute Gasteiger partial charge is 0.321 e. The summed E-state index contributed by atoms with van der Waals surface area (Å²) in [4.78, 5) is 13.4. The number of nitrogens with one attached hydrogen (secondary N) is 1. The van der Waals surface area contributed by atoms with Gasteiger partial charge < -0.3 is 5.32 Å². The summed E-state index contributed by atoms with van der Waals surface area (Å²) >= 11 is 0. The maximum atomic E-state index is 11.5. The van der Waals surface area contributed by atoms with E-state index in [0.29, 0.717) is 0 Å². The average Bonchev–Trinajstić information content (AvgIpc) is 2.62. The number of benzene rings is 1. The number of anilines is 1. The molecular weight excluding hydrogens is 176 g/mol. The zero-order chi connectivity index (χ0) is 10.1. The Bertz CT molecular complexity index is 374. The van der Waals surface area contributed by atoms with E-state index < -0.39 is 0 Å². The summed E-state index contributed by atoms with van der Waals surface area (Å²) < 4.78 is 0.